The van der Waals surface area contributed by atoms with E-state index < -0.39 is 51.7 Å². The molecule has 158 valence electrons. The Morgan fingerprint density at radius 2 is 1.55 bits per heavy atom. The van der Waals surface area contributed by atoms with Crippen LogP contribution in [0.5, 0.6) is 0 Å². The van der Waals surface area contributed by atoms with Crippen molar-refractivity contribution in [3.8, 4) is 0 Å². The van der Waals surface area contributed by atoms with Gasteiger partial charge in [-0.2, -0.15) is 35.1 Å². The minimum Gasteiger partial charge on any atom is -0.371 e. The van der Waals surface area contributed by atoms with Crippen LogP contribution in [-0.2, 0) is 12.1 Å². The fraction of sp³-hybridized carbons (Fsp3) is 0.267. The topological polar surface area (TPSA) is 66.9 Å². The van der Waals surface area contributed by atoms with Gasteiger partial charge in [0.15, 0.2) is 0 Å². The molecule has 0 aliphatic carbocycles. The largest absolute Gasteiger partial charge is 0.458 e. The van der Waals surface area contributed by atoms with Crippen molar-refractivity contribution in [2.45, 2.75) is 18.3 Å². The molecule has 0 atom stereocenters. The Labute approximate surface area is 162 Å². The second-order valence-electron chi connectivity index (χ2n) is 5.45. The molecular weight excluding hydrogens is 440 g/mol. The van der Waals surface area contributed by atoms with Crippen molar-refractivity contribution in [3.63, 3.8) is 0 Å². The molecule has 2 aromatic rings. The highest BCUT2D eigenvalue weighted by Gasteiger charge is 2.59. The molecule has 0 aliphatic rings. The number of carbonyl (C=O) groups excluding carboxylic acids is 1. The quantitative estimate of drug-likeness (QED) is 0.639. The summed E-state index contributed by atoms with van der Waals surface area (Å²) in [4.78, 5) is 18.9. The van der Waals surface area contributed by atoms with Crippen molar-refractivity contribution in [2.75, 3.05) is 17.7 Å². The molecule has 0 fully saturated rings. The first-order chi connectivity index (χ1) is 13.2. The van der Waals surface area contributed by atoms with Gasteiger partial charge in [0.05, 0.1) is 21.8 Å². The molecule has 0 radical (unpaired) electrons. The molecule has 2 aromatic heterocycles. The van der Waals surface area contributed by atoms with E-state index in [1.807, 2.05) is 5.32 Å². The van der Waals surface area contributed by atoms with Gasteiger partial charge in [0, 0.05) is 19.4 Å². The first kappa shape index (κ1) is 22.6. The second kappa shape index (κ2) is 7.61. The van der Waals surface area contributed by atoms with Gasteiger partial charge in [0.25, 0.3) is 5.91 Å². The van der Waals surface area contributed by atoms with E-state index in [-0.39, 0.29) is 12.0 Å². The highest BCUT2D eigenvalue weighted by atomic mass is 35.5. The first-order valence-electron chi connectivity index (χ1n) is 7.35. The van der Waals surface area contributed by atoms with Gasteiger partial charge >= 0.3 is 18.3 Å². The summed E-state index contributed by atoms with van der Waals surface area (Å²) in [6.07, 6.45) is -10.1. The molecule has 5 nitrogen and oxygen atoms in total. The van der Waals surface area contributed by atoms with Crippen molar-refractivity contribution in [1.82, 2.24) is 9.97 Å². The monoisotopic (exact) mass is 448 g/mol. The number of hydrogen-bond acceptors (Lipinski definition) is 4. The lowest BCUT2D eigenvalue weighted by Gasteiger charge is -2.21. The molecule has 1 amide bonds. The van der Waals surface area contributed by atoms with Gasteiger partial charge in [-0.05, 0) is 12.1 Å². The van der Waals surface area contributed by atoms with Gasteiger partial charge in [-0.25, -0.2) is 9.97 Å². The Morgan fingerprint density at radius 1 is 0.966 bits per heavy atom. The number of nitrogens with one attached hydrogen (secondary N) is 2. The molecule has 2 heterocycles. The molecule has 29 heavy (non-hydrogen) atoms. The van der Waals surface area contributed by atoms with E-state index in [4.69, 9.17) is 11.6 Å². The number of carbonyl (C=O) groups is 1. The average molecular weight is 449 g/mol. The Hall–Kier alpha value is -2.70. The summed E-state index contributed by atoms with van der Waals surface area (Å²) in [6, 6.07) is 0.733. The van der Waals surface area contributed by atoms with Crippen LogP contribution in [-0.4, -0.2) is 29.1 Å². The predicted octanol–water partition coefficient (Wildman–Crippen LogP) is 5.10. The number of rotatable bonds is 4. The van der Waals surface area contributed by atoms with Crippen LogP contribution in [0, 0.1) is 0 Å². The normalized spacial score (nSPS) is 12.6. The number of nitrogens with zero attached hydrogens (tertiary/aromatic N) is 2. The van der Waals surface area contributed by atoms with E-state index in [9.17, 15) is 39.9 Å². The van der Waals surface area contributed by atoms with Crippen LogP contribution in [0.1, 0.15) is 21.6 Å². The van der Waals surface area contributed by atoms with Crippen LogP contribution < -0.4 is 10.6 Å². The SMILES string of the molecule is CNc1ncc(C(F)(F)C(F)(F)F)cc1NC(=O)c1ncc(C(F)(F)F)cc1Cl. The molecule has 0 saturated carbocycles. The number of amides is 1. The number of pyridine rings is 2. The van der Waals surface area contributed by atoms with Gasteiger partial charge in [-0.1, -0.05) is 11.6 Å². The molecule has 0 aliphatic heterocycles. The third kappa shape index (κ3) is 4.66. The predicted molar refractivity (Wildman–Crippen MR) is 85.9 cm³/mol. The third-order valence-electron chi connectivity index (χ3n) is 3.47. The van der Waals surface area contributed by atoms with Crippen LogP contribution in [0.4, 0.5) is 46.6 Å². The maximum atomic E-state index is 13.5. The number of hydrogen-bond donors (Lipinski definition) is 2. The number of alkyl halides is 8. The van der Waals surface area contributed by atoms with Gasteiger partial charge < -0.3 is 10.6 Å². The van der Waals surface area contributed by atoms with Gasteiger partial charge in [0.2, 0.25) is 0 Å². The standard InChI is InChI=1S/C15H9ClF8N4O/c1-25-11-9(3-6(4-27-11)13(17,18)15(22,23)24)28-12(29)10-8(16)2-7(5-26-10)14(19,20)21/h2-5H,1H3,(H,25,27)(H,28,29). The highest BCUT2D eigenvalue weighted by Crippen LogP contribution is 2.44. The zero-order valence-corrected chi connectivity index (χ0v) is 14.8. The lowest BCUT2D eigenvalue weighted by molar-refractivity contribution is -0.289. The Kier molecular flexibility index (Phi) is 5.93. The lowest BCUT2D eigenvalue weighted by atomic mass is 10.1. The highest BCUT2D eigenvalue weighted by molar-refractivity contribution is 6.34. The lowest BCUT2D eigenvalue weighted by Crippen LogP contribution is -2.34. The summed E-state index contributed by atoms with van der Waals surface area (Å²) in [6.45, 7) is 0. The summed E-state index contributed by atoms with van der Waals surface area (Å²) in [5, 5.41) is 3.59. The Balaban J connectivity index is 2.41. The fourth-order valence-corrected chi connectivity index (χ4v) is 2.29. The van der Waals surface area contributed by atoms with Gasteiger partial charge in [-0.15, -0.1) is 0 Å². The number of anilines is 2. The van der Waals surface area contributed by atoms with Crippen LogP contribution in [0.2, 0.25) is 5.02 Å². The van der Waals surface area contributed by atoms with Gasteiger partial charge in [-0.3, -0.25) is 4.79 Å². The molecule has 0 aromatic carbocycles. The molecule has 0 saturated heterocycles. The summed E-state index contributed by atoms with van der Waals surface area (Å²) in [5.41, 5.74) is -4.12. The molecule has 14 heteroatoms. The van der Waals surface area contributed by atoms with Crippen LogP contribution in [0.25, 0.3) is 0 Å². The molecule has 2 rings (SSSR count). The van der Waals surface area contributed by atoms with Crippen LogP contribution >= 0.6 is 11.6 Å². The first-order valence-corrected chi connectivity index (χ1v) is 7.73. The Bertz CT molecular complexity index is 930. The van der Waals surface area contributed by atoms with Crippen LogP contribution in [0.3, 0.4) is 0 Å². The summed E-state index contributed by atoms with van der Waals surface area (Å²) >= 11 is 5.61. The molecular formula is C15H9ClF8N4O. The molecule has 2 N–H and O–H groups in total. The maximum Gasteiger partial charge on any atom is 0.458 e. The maximum absolute atomic E-state index is 13.5. The second-order valence-corrected chi connectivity index (χ2v) is 5.86. The zero-order chi connectivity index (χ0) is 22.2. The average Bonchev–Trinajstić information content (AvgIpc) is 2.59. The Morgan fingerprint density at radius 3 is 2.03 bits per heavy atom. The zero-order valence-electron chi connectivity index (χ0n) is 14.0. The van der Waals surface area contributed by atoms with Crippen LogP contribution in [0.15, 0.2) is 24.5 Å². The van der Waals surface area contributed by atoms with E-state index in [0.29, 0.717) is 18.3 Å². The summed E-state index contributed by atoms with van der Waals surface area (Å²) in [7, 11) is 1.24. The van der Waals surface area contributed by atoms with E-state index in [1.54, 1.807) is 0 Å². The van der Waals surface area contributed by atoms with Gasteiger partial charge in [0.1, 0.15) is 11.5 Å². The van der Waals surface area contributed by atoms with Crippen molar-refractivity contribution in [2.24, 2.45) is 0 Å². The van der Waals surface area contributed by atoms with E-state index >= 15 is 0 Å². The summed E-state index contributed by atoms with van der Waals surface area (Å²) in [5.74, 6) is -6.81. The van der Waals surface area contributed by atoms with Crippen molar-refractivity contribution < 1.29 is 39.9 Å². The third-order valence-corrected chi connectivity index (χ3v) is 3.76. The number of halogens is 9. The summed E-state index contributed by atoms with van der Waals surface area (Å²) < 4.78 is 103. The van der Waals surface area contributed by atoms with E-state index in [2.05, 4.69) is 15.3 Å². The molecule has 0 spiro atoms. The minimum atomic E-state index is -5.92. The van der Waals surface area contributed by atoms with Crippen molar-refractivity contribution in [1.29, 1.82) is 0 Å². The number of aromatic nitrogens is 2. The smallest absolute Gasteiger partial charge is 0.371 e. The minimum absolute atomic E-state index is 0.262. The molecule has 0 unspecified atom stereocenters. The fourth-order valence-electron chi connectivity index (χ4n) is 2.04. The molecule has 0 bridgehead atoms. The van der Waals surface area contributed by atoms with Crippen molar-refractivity contribution >= 4 is 29.0 Å². The van der Waals surface area contributed by atoms with E-state index in [0.717, 1.165) is 0 Å². The van der Waals surface area contributed by atoms with Crippen molar-refractivity contribution in [3.05, 3.63) is 46.4 Å². The van der Waals surface area contributed by atoms with E-state index in [1.165, 1.54) is 7.05 Å².